The molecule has 6 nitrogen and oxygen atoms in total. The molecule has 1 aliphatic rings. The lowest BCUT2D eigenvalue weighted by Gasteiger charge is -2.18. The van der Waals surface area contributed by atoms with Crippen LogP contribution >= 0.6 is 15.9 Å². The van der Waals surface area contributed by atoms with Gasteiger partial charge in [-0.25, -0.2) is 13.2 Å². The Labute approximate surface area is 200 Å². The Hall–Kier alpha value is -2.11. The van der Waals surface area contributed by atoms with Crippen LogP contribution < -0.4 is 4.72 Å². The van der Waals surface area contributed by atoms with Crippen molar-refractivity contribution in [2.24, 2.45) is 0 Å². The number of aliphatic carboxylic acids is 1. The van der Waals surface area contributed by atoms with E-state index in [2.05, 4.69) is 38.5 Å². The quantitative estimate of drug-likeness (QED) is 0.546. The van der Waals surface area contributed by atoms with Crippen LogP contribution in [-0.4, -0.2) is 50.2 Å². The van der Waals surface area contributed by atoms with Crippen LogP contribution in [0.15, 0.2) is 45.8 Å². The van der Waals surface area contributed by atoms with Gasteiger partial charge >= 0.3 is 12.1 Å². The van der Waals surface area contributed by atoms with Crippen molar-refractivity contribution in [3.8, 4) is 0 Å². The second kappa shape index (κ2) is 11.3. The zero-order valence-corrected chi connectivity index (χ0v) is 20.6. The van der Waals surface area contributed by atoms with E-state index in [1.807, 2.05) is 18.2 Å². The molecule has 2 aromatic carbocycles. The molecule has 33 heavy (non-hydrogen) atoms. The van der Waals surface area contributed by atoms with Crippen LogP contribution in [-0.2, 0) is 27.7 Å². The molecule has 0 atom stereocenters. The van der Waals surface area contributed by atoms with Gasteiger partial charge in [-0.3, -0.25) is 4.72 Å². The Bertz CT molecular complexity index is 1090. The highest BCUT2D eigenvalue weighted by atomic mass is 79.9. The number of hydrogen-bond donors (Lipinski definition) is 2. The summed E-state index contributed by atoms with van der Waals surface area (Å²) in [6, 6.07) is 11.1. The molecule has 2 N–H and O–H groups in total. The second-order valence-corrected chi connectivity index (χ2v) is 10.2. The molecule has 1 heterocycles. The van der Waals surface area contributed by atoms with Crippen molar-refractivity contribution in [1.82, 2.24) is 4.90 Å². The smallest absolute Gasteiger partial charge is 0.475 e. The molecule has 182 valence electrons. The van der Waals surface area contributed by atoms with Gasteiger partial charge in [-0.05, 0) is 79.8 Å². The second-order valence-electron chi connectivity index (χ2n) is 7.64. The van der Waals surface area contributed by atoms with Gasteiger partial charge in [0, 0.05) is 23.2 Å². The number of alkyl halides is 3. The Balaban J connectivity index is 0.000000479. The van der Waals surface area contributed by atoms with E-state index in [1.165, 1.54) is 11.1 Å². The van der Waals surface area contributed by atoms with Crippen molar-refractivity contribution in [1.29, 1.82) is 0 Å². The summed E-state index contributed by atoms with van der Waals surface area (Å²) in [7, 11) is -3.60. The summed E-state index contributed by atoms with van der Waals surface area (Å²) >= 11 is 3.38. The molecule has 0 fully saturated rings. The molecule has 0 bridgehead atoms. The normalized spacial score (nSPS) is 14.5. The number of carboxylic acid groups (broad SMARTS) is 1. The van der Waals surface area contributed by atoms with E-state index in [-0.39, 0.29) is 0 Å². The largest absolute Gasteiger partial charge is 0.490 e. The summed E-state index contributed by atoms with van der Waals surface area (Å²) in [5.41, 5.74) is 3.93. The van der Waals surface area contributed by atoms with Gasteiger partial charge in [0.15, 0.2) is 0 Å². The van der Waals surface area contributed by atoms with Crippen LogP contribution in [0.4, 0.5) is 18.9 Å². The maximum Gasteiger partial charge on any atom is 0.490 e. The van der Waals surface area contributed by atoms with Crippen molar-refractivity contribution in [2.45, 2.75) is 44.2 Å². The maximum absolute atomic E-state index is 12.8. The first-order chi connectivity index (χ1) is 15.3. The first-order valence-corrected chi connectivity index (χ1v) is 12.5. The first-order valence-electron chi connectivity index (χ1n) is 10.3. The summed E-state index contributed by atoms with van der Waals surface area (Å²) in [6.45, 7) is 7.23. The molecule has 1 aliphatic heterocycles. The minimum Gasteiger partial charge on any atom is -0.475 e. The first kappa shape index (κ1) is 27.1. The maximum atomic E-state index is 12.8. The molecule has 0 radical (unpaired) electrons. The molecule has 0 amide bonds. The molecule has 0 aliphatic carbocycles. The van der Waals surface area contributed by atoms with Gasteiger partial charge < -0.3 is 10.0 Å². The number of rotatable bonds is 5. The summed E-state index contributed by atoms with van der Waals surface area (Å²) in [5.74, 6) is -2.76. The molecule has 0 unspecified atom stereocenters. The Morgan fingerprint density at radius 3 is 2.27 bits per heavy atom. The van der Waals surface area contributed by atoms with Crippen LogP contribution in [0.5, 0.6) is 0 Å². The van der Waals surface area contributed by atoms with E-state index in [0.717, 1.165) is 48.9 Å². The average Bonchev–Trinajstić information content (AvgIpc) is 2.89. The summed E-state index contributed by atoms with van der Waals surface area (Å²) in [4.78, 5) is 11.7. The average molecular weight is 551 g/mol. The predicted octanol–water partition coefficient (Wildman–Crippen LogP) is 5.00. The number of carbonyl (C=O) groups is 1. The van der Waals surface area contributed by atoms with Crippen LogP contribution in [0.25, 0.3) is 0 Å². The molecule has 0 aromatic heterocycles. The Morgan fingerprint density at radius 2 is 1.73 bits per heavy atom. The fourth-order valence-corrected chi connectivity index (χ4v) is 5.25. The fraction of sp³-hybridized carbons (Fsp3) is 0.409. The van der Waals surface area contributed by atoms with E-state index in [1.54, 1.807) is 19.1 Å². The third-order valence-corrected chi connectivity index (χ3v) is 7.10. The number of anilines is 1. The number of halogens is 4. The molecule has 3 rings (SSSR count). The molecular weight excluding hydrogens is 525 g/mol. The molecule has 0 saturated carbocycles. The highest BCUT2D eigenvalue weighted by Gasteiger charge is 2.38. The Morgan fingerprint density at radius 1 is 1.12 bits per heavy atom. The highest BCUT2D eigenvalue weighted by Crippen LogP contribution is 2.25. The monoisotopic (exact) mass is 550 g/mol. The number of benzene rings is 2. The van der Waals surface area contributed by atoms with E-state index in [9.17, 15) is 21.6 Å². The molecule has 0 spiro atoms. The number of nitrogens with zero attached hydrogens (tertiary/aromatic N) is 1. The number of nitrogens with one attached hydrogen (secondary N) is 1. The highest BCUT2D eigenvalue weighted by molar-refractivity contribution is 9.10. The van der Waals surface area contributed by atoms with Crippen molar-refractivity contribution in [2.75, 3.05) is 24.4 Å². The number of fused-ring (bicyclic) bond motifs is 1. The van der Waals surface area contributed by atoms with Crippen LogP contribution in [0.1, 0.15) is 30.0 Å². The van der Waals surface area contributed by atoms with Crippen molar-refractivity contribution < 1.29 is 31.5 Å². The summed E-state index contributed by atoms with van der Waals surface area (Å²) in [6.07, 6.45) is -1.94. The van der Waals surface area contributed by atoms with Gasteiger partial charge in [0.05, 0.1) is 4.90 Å². The number of carboxylic acids is 1. The molecule has 0 saturated heterocycles. The molecule has 11 heteroatoms. The van der Waals surface area contributed by atoms with Gasteiger partial charge in [-0.1, -0.05) is 28.9 Å². The van der Waals surface area contributed by atoms with Gasteiger partial charge in [-0.2, -0.15) is 13.2 Å². The standard InChI is InChI=1S/C20H25BrN2O2S.C2HF3O2/c1-3-10-23-11-8-16-4-6-19(14-17(16)9-12-23)22-26(24,25)20-7-5-18(21)13-15(20)2;3-2(4,5)1(6)7/h4-7,13-14,22H,3,8-12H2,1-2H3;(H,6,7). The van der Waals surface area contributed by atoms with Crippen molar-refractivity contribution >= 4 is 37.6 Å². The predicted molar refractivity (Wildman–Crippen MR) is 124 cm³/mol. The van der Waals surface area contributed by atoms with Crippen LogP contribution in [0, 0.1) is 6.92 Å². The molecule has 2 aromatic rings. The lowest BCUT2D eigenvalue weighted by molar-refractivity contribution is -0.192. The van der Waals surface area contributed by atoms with Crippen LogP contribution in [0.3, 0.4) is 0 Å². The van der Waals surface area contributed by atoms with Gasteiger partial charge in [0.25, 0.3) is 10.0 Å². The fourth-order valence-electron chi connectivity index (χ4n) is 3.50. The topological polar surface area (TPSA) is 86.7 Å². The SMILES string of the molecule is CCCN1CCc2ccc(NS(=O)(=O)c3ccc(Br)cc3C)cc2CC1.O=C(O)C(F)(F)F. The lowest BCUT2D eigenvalue weighted by Crippen LogP contribution is -2.27. The number of aryl methyl sites for hydroxylation is 1. The van der Waals surface area contributed by atoms with E-state index >= 15 is 0 Å². The van der Waals surface area contributed by atoms with Gasteiger partial charge in [0.1, 0.15) is 0 Å². The zero-order valence-electron chi connectivity index (χ0n) is 18.2. The van der Waals surface area contributed by atoms with Gasteiger partial charge in [0.2, 0.25) is 0 Å². The number of hydrogen-bond acceptors (Lipinski definition) is 4. The third-order valence-electron chi connectivity index (χ3n) is 5.06. The Kier molecular flexibility index (Phi) is 9.33. The minimum absolute atomic E-state index is 0.310. The summed E-state index contributed by atoms with van der Waals surface area (Å²) in [5, 5.41) is 7.12. The third kappa shape index (κ3) is 8.01. The van der Waals surface area contributed by atoms with Crippen molar-refractivity contribution in [3.05, 3.63) is 57.6 Å². The molecular formula is C22H26BrF3N2O4S. The van der Waals surface area contributed by atoms with E-state index in [0.29, 0.717) is 10.6 Å². The van der Waals surface area contributed by atoms with Crippen LogP contribution in [0.2, 0.25) is 0 Å². The van der Waals surface area contributed by atoms with Crippen molar-refractivity contribution in [3.63, 3.8) is 0 Å². The summed E-state index contributed by atoms with van der Waals surface area (Å²) < 4.78 is 60.9. The van der Waals surface area contributed by atoms with E-state index < -0.39 is 22.2 Å². The lowest BCUT2D eigenvalue weighted by atomic mass is 10.0. The number of sulfonamides is 1. The zero-order chi connectivity index (χ0) is 24.8. The van der Waals surface area contributed by atoms with E-state index in [4.69, 9.17) is 9.90 Å². The minimum atomic E-state index is -5.08. The van der Waals surface area contributed by atoms with Gasteiger partial charge in [-0.15, -0.1) is 0 Å².